The topological polar surface area (TPSA) is 60.2 Å². The Labute approximate surface area is 255 Å². The molecule has 0 saturated carbocycles. The van der Waals surface area contributed by atoms with Crippen LogP contribution in [0.15, 0.2) is 66.9 Å². The van der Waals surface area contributed by atoms with Crippen molar-refractivity contribution in [2.45, 2.75) is 59.8 Å². The number of phenolic OH excluding ortho intramolecular Hbond substituents is 1. The van der Waals surface area contributed by atoms with Crippen molar-refractivity contribution < 1.29 is 30.9 Å². The van der Waals surface area contributed by atoms with Crippen molar-refractivity contribution in [3.63, 3.8) is 0 Å². The molecule has 0 aliphatic heterocycles. The van der Waals surface area contributed by atoms with Crippen molar-refractivity contribution >= 4 is 32.7 Å². The first kappa shape index (κ1) is 28.8. The maximum Gasteiger partial charge on any atom is 0.217 e. The van der Waals surface area contributed by atoms with E-state index in [1.165, 1.54) is 16.5 Å². The summed E-state index contributed by atoms with van der Waals surface area (Å²) in [5.41, 5.74) is 6.82. The summed E-state index contributed by atoms with van der Waals surface area (Å²) < 4.78 is 8.53. The molecule has 0 fully saturated rings. The average Bonchev–Trinajstić information content (AvgIpc) is 3.24. The number of nitrogens with zero attached hydrogens (tertiary/aromatic N) is 3. The van der Waals surface area contributed by atoms with E-state index >= 15 is 0 Å². The van der Waals surface area contributed by atoms with Gasteiger partial charge in [-0.3, -0.25) is 0 Å². The van der Waals surface area contributed by atoms with Crippen LogP contribution in [0.25, 0.3) is 38.5 Å². The Hall–Kier alpha value is -3.69. The van der Waals surface area contributed by atoms with Gasteiger partial charge in [0.05, 0.1) is 0 Å². The van der Waals surface area contributed by atoms with E-state index in [1.807, 2.05) is 55.6 Å². The molecule has 0 bridgehead atoms. The quantitative estimate of drug-likeness (QED) is 0.185. The summed E-state index contributed by atoms with van der Waals surface area (Å²) in [6.45, 7) is 15.0. The third-order valence-electron chi connectivity index (χ3n) is 7.69. The molecule has 0 atom stereocenters. The van der Waals surface area contributed by atoms with Gasteiger partial charge >= 0.3 is 0 Å². The molecule has 3 aromatic carbocycles. The van der Waals surface area contributed by atoms with Crippen molar-refractivity contribution in [1.82, 2.24) is 14.5 Å². The molecule has 41 heavy (non-hydrogen) atoms. The fourth-order valence-corrected chi connectivity index (χ4v) is 5.66. The molecule has 0 unspecified atom stereocenters. The van der Waals surface area contributed by atoms with Crippen molar-refractivity contribution in [3.8, 4) is 23.2 Å². The summed E-state index contributed by atoms with van der Waals surface area (Å²) in [4.78, 5) is 9.45. The Morgan fingerprint density at radius 2 is 1.68 bits per heavy atom. The molecule has 212 valence electrons. The van der Waals surface area contributed by atoms with Crippen molar-refractivity contribution in [3.05, 3.63) is 95.2 Å². The van der Waals surface area contributed by atoms with E-state index in [2.05, 4.69) is 70.4 Å². The minimum atomic E-state index is -0.0738. The minimum Gasteiger partial charge on any atom is -0.505 e. The summed E-state index contributed by atoms with van der Waals surface area (Å²) in [6, 6.07) is 23.9. The van der Waals surface area contributed by atoms with E-state index in [0.717, 1.165) is 38.8 Å². The summed E-state index contributed by atoms with van der Waals surface area (Å²) in [5.74, 6) is 2.19. The molecule has 6 rings (SSSR count). The number of benzene rings is 3. The Morgan fingerprint density at radius 1 is 0.927 bits per heavy atom. The maximum absolute atomic E-state index is 11.0. The summed E-state index contributed by atoms with van der Waals surface area (Å²) in [5, 5.41) is 14.2. The first-order valence-corrected chi connectivity index (χ1v) is 13.8. The van der Waals surface area contributed by atoms with Crippen LogP contribution in [0.3, 0.4) is 0 Å². The van der Waals surface area contributed by atoms with Gasteiger partial charge in [-0.2, -0.15) is 6.07 Å². The van der Waals surface area contributed by atoms with Crippen molar-refractivity contribution in [1.29, 1.82) is 0 Å². The van der Waals surface area contributed by atoms with Gasteiger partial charge in [-0.25, -0.2) is 9.97 Å². The van der Waals surface area contributed by atoms with Crippen LogP contribution in [0.2, 0.25) is 0 Å². The predicted molar refractivity (Wildman–Crippen MR) is 163 cm³/mol. The van der Waals surface area contributed by atoms with E-state index in [1.54, 1.807) is 0 Å². The van der Waals surface area contributed by atoms with E-state index in [0.29, 0.717) is 17.1 Å². The Kier molecular flexibility index (Phi) is 7.46. The van der Waals surface area contributed by atoms with Gasteiger partial charge in [-0.1, -0.05) is 76.0 Å². The van der Waals surface area contributed by atoms with Crippen LogP contribution in [-0.2, 0) is 26.5 Å². The number of aromatic nitrogens is 3. The van der Waals surface area contributed by atoms with Crippen LogP contribution < -0.4 is 4.74 Å². The SMILES string of the molecule is Cc1cc(Oc2[c-]c3c(cc2)c2c(C)ccc(C(C)(C)C)c2n3-c2ccccn2)nc2c(O)c(C(C)C)ccc12.[Pt]. The summed E-state index contributed by atoms with van der Waals surface area (Å²) in [6.07, 6.45) is 1.82. The van der Waals surface area contributed by atoms with Gasteiger partial charge in [0.15, 0.2) is 0 Å². The van der Waals surface area contributed by atoms with Crippen LogP contribution in [0, 0.1) is 19.9 Å². The molecule has 0 radical (unpaired) electrons. The van der Waals surface area contributed by atoms with Crippen molar-refractivity contribution in [2.24, 2.45) is 0 Å². The zero-order valence-electron chi connectivity index (χ0n) is 24.4. The number of hydrogen-bond acceptors (Lipinski definition) is 4. The Bertz CT molecular complexity index is 1920. The predicted octanol–water partition coefficient (Wildman–Crippen LogP) is 9.06. The average molecular weight is 724 g/mol. The second kappa shape index (κ2) is 10.6. The van der Waals surface area contributed by atoms with Gasteiger partial charge in [0.25, 0.3) is 0 Å². The maximum atomic E-state index is 11.0. The largest absolute Gasteiger partial charge is 0.505 e. The first-order valence-electron chi connectivity index (χ1n) is 13.8. The van der Waals surface area contributed by atoms with Crippen LogP contribution in [0.4, 0.5) is 0 Å². The number of phenols is 1. The molecule has 1 N–H and O–H groups in total. The monoisotopic (exact) mass is 723 g/mol. The van der Waals surface area contributed by atoms with Crippen LogP contribution in [0.1, 0.15) is 62.8 Å². The molecule has 0 spiro atoms. The number of rotatable bonds is 4. The molecule has 3 heterocycles. The zero-order chi connectivity index (χ0) is 28.3. The second-order valence-corrected chi connectivity index (χ2v) is 11.9. The fraction of sp³-hybridized carbons (Fsp3) is 0.257. The molecular weight excluding hydrogens is 689 g/mol. The molecule has 0 saturated heterocycles. The molecule has 0 amide bonds. The number of hydrogen-bond donors (Lipinski definition) is 1. The van der Waals surface area contributed by atoms with Gasteiger partial charge < -0.3 is 14.4 Å². The summed E-state index contributed by atoms with van der Waals surface area (Å²) in [7, 11) is 0. The minimum absolute atomic E-state index is 0. The molecule has 6 heteroatoms. The van der Waals surface area contributed by atoms with Gasteiger partial charge in [0.2, 0.25) is 5.88 Å². The zero-order valence-corrected chi connectivity index (χ0v) is 26.7. The molecule has 6 aromatic rings. The van der Waals surface area contributed by atoms with Crippen molar-refractivity contribution in [2.75, 3.05) is 0 Å². The first-order chi connectivity index (χ1) is 19.0. The van der Waals surface area contributed by atoms with E-state index < -0.39 is 0 Å². The van der Waals surface area contributed by atoms with E-state index in [4.69, 9.17) is 14.7 Å². The molecule has 0 aliphatic carbocycles. The molecule has 5 nitrogen and oxygen atoms in total. The van der Waals surface area contributed by atoms with E-state index in [9.17, 15) is 5.11 Å². The van der Waals surface area contributed by atoms with Gasteiger partial charge in [-0.05, 0) is 59.4 Å². The number of ether oxygens (including phenoxy) is 1. The van der Waals surface area contributed by atoms with Crippen LogP contribution in [0.5, 0.6) is 17.4 Å². The normalized spacial score (nSPS) is 11.9. The fourth-order valence-electron chi connectivity index (χ4n) is 5.66. The molecule has 0 aliphatic rings. The van der Waals surface area contributed by atoms with Gasteiger partial charge in [-0.15, -0.1) is 17.5 Å². The molecule has 3 aromatic heterocycles. The van der Waals surface area contributed by atoms with Crippen LogP contribution in [-0.4, -0.2) is 19.6 Å². The number of aryl methyl sites for hydroxylation is 2. The van der Waals surface area contributed by atoms with Gasteiger partial charge in [0.1, 0.15) is 17.1 Å². The Balaban J connectivity index is 0.00000337. The molecular formula is C35H34N3O2Pt-. The number of fused-ring (bicyclic) bond motifs is 4. The number of pyridine rings is 2. The van der Waals surface area contributed by atoms with E-state index in [-0.39, 0.29) is 38.1 Å². The Morgan fingerprint density at radius 3 is 2.37 bits per heavy atom. The summed E-state index contributed by atoms with van der Waals surface area (Å²) >= 11 is 0. The van der Waals surface area contributed by atoms with Gasteiger partial charge in [0, 0.05) is 50.0 Å². The standard InChI is InChI=1S/C35H34N3O2.Pt/c1-20(2)24-14-15-25-22(4)18-30(37-32(25)34(24)39)40-23-12-13-26-28(19-23)38(29-10-8-9-17-36-29)33-27(35(5,6)7)16-11-21(3)31(26)33;/h8-18,20,39H,1-7H3;/q-1;. The third kappa shape index (κ3) is 4.91. The smallest absolute Gasteiger partial charge is 0.217 e. The second-order valence-electron chi connectivity index (χ2n) is 11.9. The van der Waals surface area contributed by atoms with Crippen LogP contribution >= 0.6 is 0 Å². The number of aromatic hydroxyl groups is 1. The third-order valence-corrected chi connectivity index (χ3v) is 7.69.